The van der Waals surface area contributed by atoms with E-state index < -0.39 is 16.0 Å². The summed E-state index contributed by atoms with van der Waals surface area (Å²) in [6, 6.07) is 0. The molecule has 0 spiro atoms. The van der Waals surface area contributed by atoms with Crippen molar-refractivity contribution >= 4 is 38.5 Å². The summed E-state index contributed by atoms with van der Waals surface area (Å²) in [6.45, 7) is 1.77. The van der Waals surface area contributed by atoms with E-state index in [1.165, 1.54) is 12.3 Å². The number of nitrogens with zero attached hydrogens (tertiary/aromatic N) is 1. The van der Waals surface area contributed by atoms with Crippen molar-refractivity contribution in [1.82, 2.24) is 4.98 Å². The van der Waals surface area contributed by atoms with Gasteiger partial charge in [0.05, 0.1) is 5.75 Å². The Hall–Kier alpha value is -1.41. The number of nitrogens with one attached hydrogen (secondary N) is 1. The molecular formula is C9H12N2O4S2. The number of hydrogen-bond acceptors (Lipinski definition) is 5. The number of aliphatic carboxylic acids is 1. The van der Waals surface area contributed by atoms with Crippen LogP contribution in [0, 0.1) is 0 Å². The number of anilines is 1. The smallest absolute Gasteiger partial charge is 0.328 e. The van der Waals surface area contributed by atoms with Gasteiger partial charge in [-0.2, -0.15) is 0 Å². The minimum absolute atomic E-state index is 0.0346. The van der Waals surface area contributed by atoms with Crippen molar-refractivity contribution in [1.29, 1.82) is 0 Å². The molecule has 0 aromatic carbocycles. The summed E-state index contributed by atoms with van der Waals surface area (Å²) < 4.78 is 25.2. The average Bonchev–Trinajstić information content (AvgIpc) is 2.61. The molecule has 0 atom stereocenters. The van der Waals surface area contributed by atoms with Gasteiger partial charge in [0.25, 0.3) is 0 Å². The molecule has 17 heavy (non-hydrogen) atoms. The Kier molecular flexibility index (Phi) is 4.64. The molecular weight excluding hydrogens is 264 g/mol. The van der Waals surface area contributed by atoms with Crippen LogP contribution in [0.25, 0.3) is 6.08 Å². The van der Waals surface area contributed by atoms with Crippen molar-refractivity contribution in [2.24, 2.45) is 0 Å². The molecule has 0 saturated heterocycles. The lowest BCUT2D eigenvalue weighted by atomic mass is 10.4. The molecule has 1 heterocycles. The fraction of sp³-hybridized carbons (Fsp3) is 0.333. The van der Waals surface area contributed by atoms with Crippen LogP contribution in [-0.4, -0.2) is 30.2 Å². The maximum Gasteiger partial charge on any atom is 0.328 e. The molecule has 0 aliphatic heterocycles. The summed E-state index contributed by atoms with van der Waals surface area (Å²) in [5.74, 6) is -1.03. The van der Waals surface area contributed by atoms with E-state index in [2.05, 4.69) is 9.71 Å². The lowest BCUT2D eigenvalue weighted by Crippen LogP contribution is -2.15. The third-order valence-corrected chi connectivity index (χ3v) is 4.09. The maximum absolute atomic E-state index is 11.4. The average molecular weight is 276 g/mol. The summed E-state index contributed by atoms with van der Waals surface area (Å²) in [5, 5.41) is 8.66. The molecule has 0 bridgehead atoms. The number of carbonyl (C=O) groups is 1. The van der Waals surface area contributed by atoms with Crippen molar-refractivity contribution in [3.8, 4) is 0 Å². The largest absolute Gasteiger partial charge is 0.478 e. The summed E-state index contributed by atoms with van der Waals surface area (Å²) in [7, 11) is -3.35. The molecule has 1 rings (SSSR count). The summed E-state index contributed by atoms with van der Waals surface area (Å²) in [5.41, 5.74) is 0. The van der Waals surface area contributed by atoms with Gasteiger partial charge in [-0.25, -0.2) is 18.2 Å². The molecule has 0 radical (unpaired) electrons. The van der Waals surface area contributed by atoms with Crippen LogP contribution in [0.5, 0.6) is 0 Å². The standard InChI is InChI=1S/C9H12N2O4S2/c1-2-5-17(14,15)11-9-10-6-7(16-9)3-4-8(12)13/h3-4,6H,2,5H2,1H3,(H,10,11)(H,12,13)/b4-3+. The highest BCUT2D eigenvalue weighted by molar-refractivity contribution is 7.92. The normalized spacial score (nSPS) is 11.8. The Morgan fingerprint density at radius 3 is 2.94 bits per heavy atom. The second-order valence-electron chi connectivity index (χ2n) is 3.16. The number of rotatable bonds is 6. The summed E-state index contributed by atoms with van der Waals surface area (Å²) >= 11 is 1.08. The number of thiazole rings is 1. The van der Waals surface area contributed by atoms with E-state index in [4.69, 9.17) is 5.11 Å². The first kappa shape index (κ1) is 13.7. The molecule has 8 heteroatoms. The van der Waals surface area contributed by atoms with Crippen LogP contribution < -0.4 is 4.72 Å². The van der Waals surface area contributed by atoms with E-state index in [0.29, 0.717) is 11.3 Å². The van der Waals surface area contributed by atoms with E-state index in [1.807, 2.05) is 0 Å². The molecule has 0 saturated carbocycles. The predicted octanol–water partition coefficient (Wildman–Crippen LogP) is 1.39. The van der Waals surface area contributed by atoms with Crippen LogP contribution in [0.1, 0.15) is 18.2 Å². The van der Waals surface area contributed by atoms with Crippen molar-refractivity contribution < 1.29 is 18.3 Å². The zero-order chi connectivity index (χ0) is 12.9. The fourth-order valence-electron chi connectivity index (χ4n) is 1.02. The Morgan fingerprint density at radius 2 is 2.35 bits per heavy atom. The van der Waals surface area contributed by atoms with Gasteiger partial charge in [0.2, 0.25) is 10.0 Å². The van der Waals surface area contributed by atoms with Gasteiger partial charge in [0.15, 0.2) is 5.13 Å². The first-order valence-corrected chi connectivity index (χ1v) is 7.27. The van der Waals surface area contributed by atoms with Crippen molar-refractivity contribution in [2.45, 2.75) is 13.3 Å². The van der Waals surface area contributed by atoms with Gasteiger partial charge >= 0.3 is 5.97 Å². The summed E-state index contributed by atoms with van der Waals surface area (Å²) in [6.07, 6.45) is 4.26. The van der Waals surface area contributed by atoms with Crippen LogP contribution >= 0.6 is 11.3 Å². The monoisotopic (exact) mass is 276 g/mol. The lowest BCUT2D eigenvalue weighted by Gasteiger charge is -2.01. The topological polar surface area (TPSA) is 96.4 Å². The number of carboxylic acid groups (broad SMARTS) is 1. The zero-order valence-electron chi connectivity index (χ0n) is 9.08. The molecule has 0 aliphatic rings. The minimum Gasteiger partial charge on any atom is -0.478 e. The van der Waals surface area contributed by atoms with E-state index in [1.54, 1.807) is 6.92 Å². The van der Waals surface area contributed by atoms with E-state index in [-0.39, 0.29) is 10.9 Å². The lowest BCUT2D eigenvalue weighted by molar-refractivity contribution is -0.131. The van der Waals surface area contributed by atoms with Crippen LogP contribution in [0.2, 0.25) is 0 Å². The van der Waals surface area contributed by atoms with Crippen LogP contribution in [0.15, 0.2) is 12.3 Å². The van der Waals surface area contributed by atoms with Gasteiger partial charge in [0, 0.05) is 17.2 Å². The van der Waals surface area contributed by atoms with Gasteiger partial charge in [0.1, 0.15) is 0 Å². The Bertz CT molecular complexity index is 519. The van der Waals surface area contributed by atoms with Gasteiger partial charge in [-0.3, -0.25) is 4.72 Å². The minimum atomic E-state index is -3.35. The quantitative estimate of drug-likeness (QED) is 0.765. The highest BCUT2D eigenvalue weighted by Crippen LogP contribution is 2.20. The van der Waals surface area contributed by atoms with Gasteiger partial charge in [-0.15, -0.1) is 0 Å². The highest BCUT2D eigenvalue weighted by Gasteiger charge is 2.10. The summed E-state index contributed by atoms with van der Waals surface area (Å²) in [4.78, 5) is 14.7. The number of carboxylic acids is 1. The SMILES string of the molecule is CCCS(=O)(=O)Nc1ncc(/C=C/C(=O)O)s1. The molecule has 1 aromatic rings. The first-order valence-electron chi connectivity index (χ1n) is 4.80. The Balaban J connectivity index is 2.72. The van der Waals surface area contributed by atoms with Crippen molar-refractivity contribution in [2.75, 3.05) is 10.5 Å². The molecule has 0 unspecified atom stereocenters. The fourth-order valence-corrected chi connectivity index (χ4v) is 3.09. The van der Waals surface area contributed by atoms with Crippen LogP contribution in [0.3, 0.4) is 0 Å². The zero-order valence-corrected chi connectivity index (χ0v) is 10.7. The molecule has 6 nitrogen and oxygen atoms in total. The highest BCUT2D eigenvalue weighted by atomic mass is 32.2. The Labute approximate surface area is 103 Å². The molecule has 0 fully saturated rings. The van der Waals surface area contributed by atoms with E-state index >= 15 is 0 Å². The molecule has 2 N–H and O–H groups in total. The predicted molar refractivity (Wildman–Crippen MR) is 66.5 cm³/mol. The number of aromatic nitrogens is 1. The van der Waals surface area contributed by atoms with Gasteiger partial charge in [-0.1, -0.05) is 18.3 Å². The van der Waals surface area contributed by atoms with Crippen molar-refractivity contribution in [3.63, 3.8) is 0 Å². The van der Waals surface area contributed by atoms with E-state index in [9.17, 15) is 13.2 Å². The number of sulfonamides is 1. The second-order valence-corrected chi connectivity index (χ2v) is 6.06. The van der Waals surface area contributed by atoms with Gasteiger partial charge in [-0.05, 0) is 12.5 Å². The Morgan fingerprint density at radius 1 is 1.65 bits per heavy atom. The van der Waals surface area contributed by atoms with E-state index in [0.717, 1.165) is 17.4 Å². The van der Waals surface area contributed by atoms with Crippen LogP contribution in [0.4, 0.5) is 5.13 Å². The third kappa shape index (κ3) is 4.96. The van der Waals surface area contributed by atoms with Gasteiger partial charge < -0.3 is 5.11 Å². The maximum atomic E-state index is 11.4. The third-order valence-electron chi connectivity index (χ3n) is 1.63. The van der Waals surface area contributed by atoms with Crippen LogP contribution in [-0.2, 0) is 14.8 Å². The molecule has 0 aliphatic carbocycles. The first-order chi connectivity index (χ1) is 7.93. The van der Waals surface area contributed by atoms with Crippen molar-refractivity contribution in [3.05, 3.63) is 17.2 Å². The second kappa shape index (κ2) is 5.78. The molecule has 1 aromatic heterocycles. The molecule has 94 valence electrons. The number of hydrogen-bond donors (Lipinski definition) is 2. The molecule has 0 amide bonds.